The van der Waals surface area contributed by atoms with Gasteiger partial charge in [-0.1, -0.05) is 133 Å². The molecule has 42 heavy (non-hydrogen) atoms. The van der Waals surface area contributed by atoms with Gasteiger partial charge < -0.3 is 4.74 Å². The van der Waals surface area contributed by atoms with E-state index < -0.39 is 0 Å². The molecule has 0 unspecified atom stereocenters. The summed E-state index contributed by atoms with van der Waals surface area (Å²) in [5.41, 5.74) is 7.42. The zero-order valence-corrected chi connectivity index (χ0v) is 23.3. The molecule has 0 aromatic heterocycles. The Kier molecular flexibility index (Phi) is 5.75. The van der Waals surface area contributed by atoms with Crippen molar-refractivity contribution in [3.05, 3.63) is 152 Å². The topological polar surface area (TPSA) is 9.23 Å². The maximum atomic E-state index is 5.44. The van der Waals surface area contributed by atoms with Crippen LogP contribution in [-0.2, 0) is 0 Å². The first-order valence-corrected chi connectivity index (χ1v) is 14.4. The summed E-state index contributed by atoms with van der Waals surface area (Å²) in [6.07, 6.45) is 0. The van der Waals surface area contributed by atoms with E-state index in [9.17, 15) is 0 Å². The fourth-order valence-electron chi connectivity index (χ4n) is 6.61. The van der Waals surface area contributed by atoms with Crippen LogP contribution < -0.4 is 4.74 Å². The molecule has 1 nitrogen and oxygen atoms in total. The Morgan fingerprint density at radius 3 is 1.38 bits per heavy atom. The second-order valence-corrected chi connectivity index (χ2v) is 10.8. The van der Waals surface area contributed by atoms with Crippen LogP contribution >= 0.6 is 0 Å². The van der Waals surface area contributed by atoms with E-state index in [-0.39, 0.29) is 0 Å². The van der Waals surface area contributed by atoms with Gasteiger partial charge in [-0.25, -0.2) is 0 Å². The molecule has 0 radical (unpaired) electrons. The minimum atomic E-state index is 0.861. The van der Waals surface area contributed by atoms with E-state index in [1.54, 1.807) is 7.11 Å². The predicted octanol–water partition coefficient (Wildman–Crippen LogP) is 11.3. The molecular formula is C41H28O. The van der Waals surface area contributed by atoms with Crippen molar-refractivity contribution in [3.63, 3.8) is 0 Å². The Bertz CT molecular complexity index is 2260. The number of ether oxygens (including phenoxy) is 1. The highest BCUT2D eigenvalue weighted by molar-refractivity contribution is 6.25. The Hall–Kier alpha value is -5.40. The van der Waals surface area contributed by atoms with Gasteiger partial charge in [0.2, 0.25) is 0 Å². The summed E-state index contributed by atoms with van der Waals surface area (Å²) in [6, 6.07) is 55.0. The summed E-state index contributed by atoms with van der Waals surface area (Å²) >= 11 is 0. The number of benzene rings is 8. The molecule has 0 saturated heterocycles. The van der Waals surface area contributed by atoms with Crippen LogP contribution in [0.25, 0.3) is 76.5 Å². The van der Waals surface area contributed by atoms with Crippen molar-refractivity contribution in [1.82, 2.24) is 0 Å². The van der Waals surface area contributed by atoms with Crippen molar-refractivity contribution >= 4 is 43.1 Å². The van der Waals surface area contributed by atoms with Crippen LogP contribution in [0.15, 0.2) is 152 Å². The minimum absolute atomic E-state index is 0.861. The lowest BCUT2D eigenvalue weighted by molar-refractivity contribution is 0.415. The molecule has 1 heteroatoms. The van der Waals surface area contributed by atoms with Gasteiger partial charge in [0.05, 0.1) is 7.11 Å². The molecular weight excluding hydrogens is 508 g/mol. The molecule has 0 aliphatic heterocycles. The molecule has 8 aromatic carbocycles. The highest BCUT2D eigenvalue weighted by Crippen LogP contribution is 2.47. The van der Waals surface area contributed by atoms with E-state index in [1.165, 1.54) is 76.5 Å². The lowest BCUT2D eigenvalue weighted by Gasteiger charge is -2.20. The highest BCUT2D eigenvalue weighted by Gasteiger charge is 2.19. The van der Waals surface area contributed by atoms with E-state index in [0.29, 0.717) is 0 Å². The molecule has 0 amide bonds. The first-order valence-electron chi connectivity index (χ1n) is 14.4. The van der Waals surface area contributed by atoms with Crippen LogP contribution in [0.4, 0.5) is 0 Å². The van der Waals surface area contributed by atoms with Gasteiger partial charge in [0, 0.05) is 0 Å². The lowest BCUT2D eigenvalue weighted by Crippen LogP contribution is -1.93. The molecule has 0 fully saturated rings. The molecule has 0 N–H and O–H groups in total. The number of hydrogen-bond donors (Lipinski definition) is 0. The summed E-state index contributed by atoms with van der Waals surface area (Å²) in [5, 5.41) is 10.1. The van der Waals surface area contributed by atoms with E-state index in [4.69, 9.17) is 4.74 Å². The average Bonchev–Trinajstić information content (AvgIpc) is 3.06. The summed E-state index contributed by atoms with van der Waals surface area (Å²) in [6.45, 7) is 0. The van der Waals surface area contributed by atoms with Crippen LogP contribution in [0.1, 0.15) is 0 Å². The molecule has 0 heterocycles. The maximum Gasteiger partial charge on any atom is 0.118 e. The van der Waals surface area contributed by atoms with Crippen LogP contribution in [0, 0.1) is 0 Å². The van der Waals surface area contributed by atoms with E-state index >= 15 is 0 Å². The third kappa shape index (κ3) is 3.86. The maximum absolute atomic E-state index is 5.44. The molecule has 0 aliphatic rings. The first-order chi connectivity index (χ1) is 20.8. The van der Waals surface area contributed by atoms with Gasteiger partial charge in [0.1, 0.15) is 5.75 Å². The number of methoxy groups -OCH3 is 1. The largest absolute Gasteiger partial charge is 0.497 e. The summed E-state index contributed by atoms with van der Waals surface area (Å²) in [4.78, 5) is 0. The Morgan fingerprint density at radius 1 is 0.357 bits per heavy atom. The van der Waals surface area contributed by atoms with Gasteiger partial charge >= 0.3 is 0 Å². The Labute approximate surface area is 245 Å². The van der Waals surface area contributed by atoms with Gasteiger partial charge in [-0.05, 0) is 94.7 Å². The van der Waals surface area contributed by atoms with Crippen molar-refractivity contribution in [2.24, 2.45) is 0 Å². The summed E-state index contributed by atoms with van der Waals surface area (Å²) < 4.78 is 5.44. The molecule has 0 spiro atoms. The van der Waals surface area contributed by atoms with Gasteiger partial charge in [0.15, 0.2) is 0 Å². The highest BCUT2D eigenvalue weighted by atomic mass is 16.5. The molecule has 0 bridgehead atoms. The monoisotopic (exact) mass is 536 g/mol. The second kappa shape index (κ2) is 9.90. The van der Waals surface area contributed by atoms with E-state index in [0.717, 1.165) is 5.75 Å². The number of fused-ring (bicyclic) bond motifs is 4. The average molecular weight is 537 g/mol. The van der Waals surface area contributed by atoms with Crippen LogP contribution in [0.2, 0.25) is 0 Å². The molecule has 0 atom stereocenters. The van der Waals surface area contributed by atoms with Crippen molar-refractivity contribution in [2.45, 2.75) is 0 Å². The van der Waals surface area contributed by atoms with Crippen LogP contribution in [0.5, 0.6) is 5.75 Å². The van der Waals surface area contributed by atoms with Crippen LogP contribution in [0.3, 0.4) is 0 Å². The number of hydrogen-bond acceptors (Lipinski definition) is 1. The van der Waals surface area contributed by atoms with E-state index in [2.05, 4.69) is 140 Å². The quantitative estimate of drug-likeness (QED) is 0.203. The molecule has 0 saturated carbocycles. The normalized spacial score (nSPS) is 11.5. The van der Waals surface area contributed by atoms with Crippen molar-refractivity contribution < 1.29 is 4.74 Å². The molecule has 8 rings (SSSR count). The number of rotatable bonds is 4. The van der Waals surface area contributed by atoms with Crippen molar-refractivity contribution in [2.75, 3.05) is 7.11 Å². The third-order valence-electron chi connectivity index (χ3n) is 8.57. The fourth-order valence-corrected chi connectivity index (χ4v) is 6.61. The second-order valence-electron chi connectivity index (χ2n) is 10.8. The Morgan fingerprint density at radius 2 is 0.810 bits per heavy atom. The standard InChI is InChI=1S/C41H28O/c1-42-31-23-20-27(21-24-31)30-22-25-38-39(26-30)41(35-19-9-13-29-11-3-5-15-33(29)35)37-17-7-6-16-36(37)40(38)34-18-8-12-28-10-2-4-14-32(28)34/h2-26H,1H3. The zero-order valence-electron chi connectivity index (χ0n) is 23.3. The fraction of sp³-hybridized carbons (Fsp3) is 0.0244. The van der Waals surface area contributed by atoms with Gasteiger partial charge in [-0.15, -0.1) is 0 Å². The summed E-state index contributed by atoms with van der Waals surface area (Å²) in [5.74, 6) is 0.861. The van der Waals surface area contributed by atoms with Gasteiger partial charge in [0.25, 0.3) is 0 Å². The molecule has 198 valence electrons. The smallest absolute Gasteiger partial charge is 0.118 e. The van der Waals surface area contributed by atoms with Crippen molar-refractivity contribution in [3.8, 4) is 39.1 Å². The predicted molar refractivity (Wildman–Crippen MR) is 179 cm³/mol. The zero-order chi connectivity index (χ0) is 28.0. The first kappa shape index (κ1) is 24.4. The minimum Gasteiger partial charge on any atom is -0.497 e. The molecule has 8 aromatic rings. The lowest BCUT2D eigenvalue weighted by atomic mass is 9.83. The third-order valence-corrected chi connectivity index (χ3v) is 8.57. The molecule has 0 aliphatic carbocycles. The van der Waals surface area contributed by atoms with E-state index in [1.807, 2.05) is 12.1 Å². The van der Waals surface area contributed by atoms with Crippen LogP contribution in [-0.4, -0.2) is 7.11 Å². The SMILES string of the molecule is COc1ccc(-c2ccc3c(-c4cccc5ccccc45)c4ccccc4c(-c4cccc5ccccc45)c3c2)cc1. The van der Waals surface area contributed by atoms with Gasteiger partial charge in [-0.3, -0.25) is 0 Å². The Balaban J connectivity index is 1.55. The van der Waals surface area contributed by atoms with Gasteiger partial charge in [-0.2, -0.15) is 0 Å². The summed E-state index contributed by atoms with van der Waals surface area (Å²) in [7, 11) is 1.71. The van der Waals surface area contributed by atoms with Crippen molar-refractivity contribution in [1.29, 1.82) is 0 Å².